The summed E-state index contributed by atoms with van der Waals surface area (Å²) in [5.41, 5.74) is 2.30. The van der Waals surface area contributed by atoms with Gasteiger partial charge in [-0.1, -0.05) is 41.9 Å². The van der Waals surface area contributed by atoms with E-state index in [1.807, 2.05) is 30.3 Å². The molecule has 2 aromatic carbocycles. The van der Waals surface area contributed by atoms with E-state index in [0.717, 1.165) is 5.69 Å². The molecule has 0 amide bonds. The molecule has 0 unspecified atom stereocenters. The fourth-order valence-corrected chi connectivity index (χ4v) is 3.12. The van der Waals surface area contributed by atoms with Crippen molar-refractivity contribution in [3.8, 4) is 5.69 Å². The summed E-state index contributed by atoms with van der Waals surface area (Å²) in [4.78, 5) is 25.5. The van der Waals surface area contributed by atoms with Crippen LogP contribution >= 0.6 is 11.6 Å². The number of benzene rings is 2. The molecule has 106 valence electrons. The van der Waals surface area contributed by atoms with E-state index in [1.165, 1.54) is 0 Å². The first-order valence-corrected chi connectivity index (χ1v) is 7.21. The number of carbonyl (C=O) groups is 2. The Morgan fingerprint density at radius 3 is 2.32 bits per heavy atom. The predicted molar refractivity (Wildman–Crippen MR) is 84.1 cm³/mol. The molecule has 1 aromatic heterocycles. The monoisotopic (exact) mass is 307 g/mol. The molecule has 0 radical (unpaired) electrons. The van der Waals surface area contributed by atoms with Gasteiger partial charge < -0.3 is 4.57 Å². The second-order valence-electron chi connectivity index (χ2n) is 5.10. The van der Waals surface area contributed by atoms with E-state index < -0.39 is 0 Å². The van der Waals surface area contributed by atoms with Crippen LogP contribution in [-0.2, 0) is 0 Å². The van der Waals surface area contributed by atoms with Gasteiger partial charge in [-0.3, -0.25) is 9.59 Å². The third-order valence-corrected chi connectivity index (χ3v) is 4.18. The molecular weight excluding hydrogens is 298 g/mol. The van der Waals surface area contributed by atoms with Gasteiger partial charge in [0.2, 0.25) is 5.78 Å². The highest BCUT2D eigenvalue weighted by atomic mass is 35.5. The fourth-order valence-electron chi connectivity index (χ4n) is 2.86. The van der Waals surface area contributed by atoms with E-state index in [-0.39, 0.29) is 11.6 Å². The molecule has 0 spiro atoms. The van der Waals surface area contributed by atoms with Crippen molar-refractivity contribution in [3.05, 3.63) is 88.2 Å². The summed E-state index contributed by atoms with van der Waals surface area (Å²) in [6.07, 6.45) is 1.75. The van der Waals surface area contributed by atoms with Gasteiger partial charge in [-0.15, -0.1) is 0 Å². The molecule has 0 fully saturated rings. The lowest BCUT2D eigenvalue weighted by atomic mass is 9.88. The first-order chi connectivity index (χ1) is 10.7. The van der Waals surface area contributed by atoms with Gasteiger partial charge in [-0.2, -0.15) is 0 Å². The normalized spacial score (nSPS) is 13.0. The number of carbonyl (C=O) groups excluding carboxylic acids is 2. The van der Waals surface area contributed by atoms with Gasteiger partial charge in [-0.25, -0.2) is 0 Å². The van der Waals surface area contributed by atoms with Crippen LogP contribution in [0, 0.1) is 0 Å². The van der Waals surface area contributed by atoms with Crippen LogP contribution in [-0.4, -0.2) is 16.1 Å². The summed E-state index contributed by atoms with van der Waals surface area (Å²) in [7, 11) is 0. The summed E-state index contributed by atoms with van der Waals surface area (Å²) < 4.78 is 1.75. The molecular formula is C18H10ClNO2. The number of hydrogen-bond acceptors (Lipinski definition) is 2. The molecule has 0 saturated heterocycles. The van der Waals surface area contributed by atoms with Crippen molar-refractivity contribution in [3.63, 3.8) is 0 Å². The van der Waals surface area contributed by atoms with Gasteiger partial charge in [0.1, 0.15) is 5.69 Å². The van der Waals surface area contributed by atoms with Crippen molar-refractivity contribution < 1.29 is 9.59 Å². The molecule has 22 heavy (non-hydrogen) atoms. The number of halogens is 1. The van der Waals surface area contributed by atoms with E-state index in [9.17, 15) is 9.59 Å². The molecule has 0 saturated carbocycles. The lowest BCUT2D eigenvalue weighted by Gasteiger charge is -2.18. The first kappa shape index (κ1) is 13.0. The number of para-hydroxylation sites is 1. The highest BCUT2D eigenvalue weighted by Gasteiger charge is 2.34. The van der Waals surface area contributed by atoms with Crippen LogP contribution in [0.15, 0.2) is 60.8 Å². The van der Waals surface area contributed by atoms with Crippen LogP contribution in [0.1, 0.15) is 32.0 Å². The smallest absolute Gasteiger partial charge is 0.211 e. The van der Waals surface area contributed by atoms with E-state index in [0.29, 0.717) is 27.4 Å². The quantitative estimate of drug-likeness (QED) is 0.535. The van der Waals surface area contributed by atoms with Crippen LogP contribution in [0.25, 0.3) is 5.69 Å². The van der Waals surface area contributed by atoms with Gasteiger partial charge in [0.05, 0.1) is 16.1 Å². The Balaban J connectivity index is 1.99. The van der Waals surface area contributed by atoms with Crippen LogP contribution in [0.5, 0.6) is 0 Å². The highest BCUT2D eigenvalue weighted by molar-refractivity contribution is 6.39. The van der Waals surface area contributed by atoms with Crippen molar-refractivity contribution >= 4 is 23.2 Å². The Morgan fingerprint density at radius 1 is 0.773 bits per heavy atom. The lowest BCUT2D eigenvalue weighted by Crippen LogP contribution is -2.22. The standard InChI is InChI=1S/C18H10ClNO2/c19-14-8-4-7-12-15(14)17(21)13-9-10-20(16(13)18(12)22)11-5-2-1-3-6-11/h1-10H. The minimum atomic E-state index is -0.204. The number of aromatic nitrogens is 1. The maximum absolute atomic E-state index is 12.8. The third-order valence-electron chi connectivity index (χ3n) is 3.87. The molecule has 3 nitrogen and oxygen atoms in total. The molecule has 0 N–H and O–H groups in total. The Hall–Kier alpha value is -2.65. The minimum absolute atomic E-state index is 0.180. The van der Waals surface area contributed by atoms with E-state index in [1.54, 1.807) is 35.0 Å². The summed E-state index contributed by atoms with van der Waals surface area (Å²) in [5, 5.41) is 0.314. The molecule has 4 heteroatoms. The average molecular weight is 308 g/mol. The van der Waals surface area contributed by atoms with Crippen LogP contribution in [0.3, 0.4) is 0 Å². The van der Waals surface area contributed by atoms with Crippen molar-refractivity contribution in [1.82, 2.24) is 4.57 Å². The van der Waals surface area contributed by atoms with E-state index >= 15 is 0 Å². The maximum atomic E-state index is 12.8. The molecule has 0 aliphatic heterocycles. The second-order valence-corrected chi connectivity index (χ2v) is 5.51. The molecule has 4 rings (SSSR count). The Labute approximate surface area is 131 Å². The molecule has 1 aliphatic rings. The number of hydrogen-bond donors (Lipinski definition) is 0. The van der Waals surface area contributed by atoms with Gasteiger partial charge in [-0.05, 0) is 24.3 Å². The summed E-state index contributed by atoms with van der Waals surface area (Å²) in [6, 6.07) is 16.1. The van der Waals surface area contributed by atoms with Crippen LogP contribution in [0.4, 0.5) is 0 Å². The fraction of sp³-hybridized carbons (Fsp3) is 0. The second kappa shape index (κ2) is 4.68. The van der Waals surface area contributed by atoms with Gasteiger partial charge in [0, 0.05) is 17.4 Å². The van der Waals surface area contributed by atoms with Crippen molar-refractivity contribution in [2.45, 2.75) is 0 Å². The number of fused-ring (bicyclic) bond motifs is 2. The average Bonchev–Trinajstić information content (AvgIpc) is 2.99. The Morgan fingerprint density at radius 2 is 1.55 bits per heavy atom. The molecule has 0 bridgehead atoms. The van der Waals surface area contributed by atoms with Gasteiger partial charge >= 0.3 is 0 Å². The first-order valence-electron chi connectivity index (χ1n) is 6.83. The van der Waals surface area contributed by atoms with Gasteiger partial charge in [0.25, 0.3) is 0 Å². The zero-order valence-corrected chi connectivity index (χ0v) is 12.2. The van der Waals surface area contributed by atoms with E-state index in [2.05, 4.69) is 0 Å². The number of ketones is 2. The largest absolute Gasteiger partial charge is 0.313 e. The molecule has 0 atom stereocenters. The highest BCUT2D eigenvalue weighted by Crippen LogP contribution is 2.33. The third kappa shape index (κ3) is 1.69. The number of nitrogens with zero attached hydrogens (tertiary/aromatic N) is 1. The molecule has 1 aliphatic carbocycles. The summed E-state index contributed by atoms with van der Waals surface area (Å²) in [5.74, 6) is -0.383. The van der Waals surface area contributed by atoms with E-state index in [4.69, 9.17) is 11.6 Å². The maximum Gasteiger partial charge on any atom is 0.211 e. The summed E-state index contributed by atoms with van der Waals surface area (Å²) in [6.45, 7) is 0. The SMILES string of the molecule is O=C1c2ccn(-c3ccccc3)c2C(=O)c2cccc(Cl)c21. The Kier molecular flexibility index (Phi) is 2.78. The lowest BCUT2D eigenvalue weighted by molar-refractivity contribution is 0.0975. The van der Waals surface area contributed by atoms with Crippen molar-refractivity contribution in [1.29, 1.82) is 0 Å². The minimum Gasteiger partial charge on any atom is -0.313 e. The zero-order valence-electron chi connectivity index (χ0n) is 11.4. The van der Waals surface area contributed by atoms with Gasteiger partial charge in [0.15, 0.2) is 5.78 Å². The Bertz CT molecular complexity index is 926. The predicted octanol–water partition coefficient (Wildman–Crippen LogP) is 3.91. The summed E-state index contributed by atoms with van der Waals surface area (Å²) >= 11 is 6.11. The topological polar surface area (TPSA) is 39.1 Å². The van der Waals surface area contributed by atoms with Crippen molar-refractivity contribution in [2.24, 2.45) is 0 Å². The number of rotatable bonds is 1. The van der Waals surface area contributed by atoms with Crippen molar-refractivity contribution in [2.75, 3.05) is 0 Å². The zero-order chi connectivity index (χ0) is 15.3. The molecule has 1 heterocycles. The molecule has 3 aromatic rings. The van der Waals surface area contributed by atoms with Crippen LogP contribution < -0.4 is 0 Å². The van der Waals surface area contributed by atoms with Crippen LogP contribution in [0.2, 0.25) is 5.02 Å².